The van der Waals surface area contributed by atoms with Gasteiger partial charge in [-0.2, -0.15) is 26.7 Å². The lowest BCUT2D eigenvalue weighted by Gasteiger charge is -2.27. The summed E-state index contributed by atoms with van der Waals surface area (Å²) in [5, 5.41) is 66.2. The van der Waals surface area contributed by atoms with E-state index in [0.717, 1.165) is 12.7 Å². The second-order valence-electron chi connectivity index (χ2n) is 16.3. The highest BCUT2D eigenvalue weighted by molar-refractivity contribution is 7.67. The molecule has 8 heterocycles. The number of aliphatic hydroxyl groups is 4. The number of H-pyrrole nitrogens is 1. The Morgan fingerprint density at radius 1 is 0.671 bits per heavy atom. The Balaban J connectivity index is 0.000000221. The number of nitrogens with one attached hydrogen (secondary N) is 1. The number of nitrogens with zero attached hydrogens (tertiary/aromatic N) is 13. The summed E-state index contributed by atoms with van der Waals surface area (Å²) in [6.45, 7) is 0.369. The average molecular weight is 1210 g/mol. The molecule has 420 valence electrons. The van der Waals surface area contributed by atoms with Gasteiger partial charge in [-0.1, -0.05) is 5.21 Å². The van der Waals surface area contributed by atoms with Gasteiger partial charge in [-0.25, -0.2) is 47.3 Å². The van der Waals surface area contributed by atoms with Gasteiger partial charge in [-0.05, 0) is 19.1 Å². The minimum atomic E-state index is -5.76. The first-order valence-electron chi connectivity index (χ1n) is 20.2. The molecule has 6 aromatic rings. The molecule has 0 amide bonds. The molecule has 48 heteroatoms. The second kappa shape index (κ2) is 21.0. The van der Waals surface area contributed by atoms with Gasteiger partial charge >= 0.3 is 52.8 Å². The second-order valence-corrected chi connectivity index (χ2v) is 25.1. The molecule has 76 heavy (non-hydrogen) atoms. The third kappa shape index (κ3) is 13.0. The number of anilines is 2. The van der Waals surface area contributed by atoms with Crippen LogP contribution < -0.4 is 16.1 Å². The summed E-state index contributed by atoms with van der Waals surface area (Å²) >= 11 is 0. The van der Waals surface area contributed by atoms with Crippen molar-refractivity contribution < 1.29 is 127 Å². The predicted molar refractivity (Wildman–Crippen MR) is 239 cm³/mol. The number of aromatic nitrogens is 14. The van der Waals surface area contributed by atoms with Crippen LogP contribution in [-0.4, -0.2) is 173 Å². The van der Waals surface area contributed by atoms with Crippen molar-refractivity contribution in [3.8, 4) is 22.8 Å². The summed E-state index contributed by atoms with van der Waals surface area (Å²) in [4.78, 5) is 89.8. The molecule has 2 saturated heterocycles. The van der Waals surface area contributed by atoms with Crippen molar-refractivity contribution in [2.75, 3.05) is 24.7 Å². The van der Waals surface area contributed by atoms with Crippen LogP contribution in [-0.2, 0) is 77.2 Å². The summed E-state index contributed by atoms with van der Waals surface area (Å²) in [7, 11) is -30.6. The number of phosphoric ester groups is 2. The zero-order valence-corrected chi connectivity index (χ0v) is 43.8. The lowest BCUT2D eigenvalue weighted by atomic mass is 9.96. The molecule has 0 radical (unpaired) electrons. The van der Waals surface area contributed by atoms with Gasteiger partial charge in [0.25, 0.3) is 0 Å². The first kappa shape index (κ1) is 59.2. The number of aromatic amines is 1. The van der Waals surface area contributed by atoms with Gasteiger partial charge in [0.15, 0.2) is 17.7 Å². The molecular weight excluding hydrogens is 1160 g/mol. The Labute approximate surface area is 420 Å². The summed E-state index contributed by atoms with van der Waals surface area (Å²) in [5.41, 5.74) is 8.86. The average Bonchev–Trinajstić information content (AvgIpc) is 4.11. The number of aryl methyl sites for hydroxylation is 2. The smallest absolute Gasteiger partial charge is 0.387 e. The van der Waals surface area contributed by atoms with Crippen molar-refractivity contribution in [1.29, 1.82) is 0 Å². The van der Waals surface area contributed by atoms with Gasteiger partial charge in [0.1, 0.15) is 76.3 Å². The van der Waals surface area contributed by atoms with E-state index in [1.807, 2.05) is 0 Å². The number of hydrogen-bond donors (Lipinski definition) is 15. The molecule has 8 rings (SSSR count). The molecule has 0 spiro atoms. The third-order valence-electron chi connectivity index (χ3n) is 10.6. The maximum Gasteiger partial charge on any atom is 0.490 e. The molecule has 42 nitrogen and oxygen atoms in total. The predicted octanol–water partition coefficient (Wildman–Crippen LogP) is -3.47. The number of rotatable bonds is 18. The summed E-state index contributed by atoms with van der Waals surface area (Å²) < 4.78 is 108. The first-order valence-corrected chi connectivity index (χ1v) is 29.3. The molecule has 2 aliphatic heterocycles. The molecule has 4 unspecified atom stereocenters. The number of nitrogens with two attached hydrogens (primary N) is 2. The van der Waals surface area contributed by atoms with Crippen LogP contribution in [0.25, 0.3) is 44.8 Å². The van der Waals surface area contributed by atoms with Crippen molar-refractivity contribution in [1.82, 2.24) is 64.8 Å². The van der Waals surface area contributed by atoms with Gasteiger partial charge in [0.2, 0.25) is 5.82 Å². The van der Waals surface area contributed by atoms with E-state index in [1.54, 1.807) is 7.05 Å². The Kier molecular flexibility index (Phi) is 16.4. The monoisotopic (exact) mass is 1210 g/mol. The number of fused-ring (bicyclic) bond motifs is 2. The Bertz CT molecular complexity index is 3450. The molecule has 2 fully saturated rings. The first-order chi connectivity index (χ1) is 34.8. The van der Waals surface area contributed by atoms with Gasteiger partial charge in [-0.15, -0.1) is 10.2 Å². The highest BCUT2D eigenvalue weighted by atomic mass is 31.3. The largest absolute Gasteiger partial charge is 0.490 e. The lowest BCUT2D eigenvalue weighted by Crippen LogP contribution is -2.44. The molecule has 0 bridgehead atoms. The van der Waals surface area contributed by atoms with Crippen LogP contribution in [0.1, 0.15) is 26.3 Å². The fourth-order valence-electron chi connectivity index (χ4n) is 7.49. The molecule has 12 atom stereocenters. The molecule has 17 N–H and O–H groups in total. The topological polar surface area (TPSA) is 622 Å². The van der Waals surface area contributed by atoms with Gasteiger partial charge in [0, 0.05) is 12.4 Å². The van der Waals surface area contributed by atoms with Crippen LogP contribution in [0, 0.1) is 0 Å². The van der Waals surface area contributed by atoms with E-state index in [9.17, 15) is 67.4 Å². The molecule has 0 aliphatic carbocycles. The SMILES string of the molecule is C[n+]1[nH]nnc1-c1cn([C@@H]2O[C@H](COP(=O)(O)OP(=O)(O)OP(=O)(O)O)[C@@H](O)[C@@]2(C)O)c2ncnc(N)c12.Cn1nnc(-c2cn([C@@H]3O[C@H](COP(=O)(O)OP(=O)(O)OP(=O)(O)O)[C@@H](O)[C@@]3(C)O)c3ncnc(N)c23)n1. The maximum atomic E-state index is 12.1. The quantitative estimate of drug-likeness (QED) is 0.0294. The summed E-state index contributed by atoms with van der Waals surface area (Å²) in [5.74, 6) is 0.505. The number of ether oxygens (including phenoxy) is 2. The van der Waals surface area contributed by atoms with E-state index >= 15 is 0 Å². The minimum Gasteiger partial charge on any atom is -0.387 e. The Morgan fingerprint density at radius 2 is 1.09 bits per heavy atom. The van der Waals surface area contributed by atoms with Gasteiger partial charge in [-0.3, -0.25) is 9.05 Å². The zero-order valence-electron chi connectivity index (χ0n) is 38.4. The van der Waals surface area contributed by atoms with Crippen molar-refractivity contribution in [2.24, 2.45) is 14.1 Å². The Morgan fingerprint density at radius 3 is 1.47 bits per heavy atom. The normalized spacial score (nSPS) is 27.4. The highest BCUT2D eigenvalue weighted by Crippen LogP contribution is 2.67. The van der Waals surface area contributed by atoms with Crippen LogP contribution in [0.2, 0.25) is 0 Å². The zero-order chi connectivity index (χ0) is 56.5. The van der Waals surface area contributed by atoms with Gasteiger partial charge < -0.3 is 89.6 Å². The summed E-state index contributed by atoms with van der Waals surface area (Å²) in [6, 6.07) is 0. The molecule has 0 aromatic carbocycles. The van der Waals surface area contributed by atoms with Gasteiger partial charge in [0.05, 0.1) is 49.2 Å². The standard InChI is InChI=1S/2C14H21N8O13P3/c1-14(24)9(23)7(4-32-37(28,29)35-38(30,31)34-36(25,26)27)33-13(14)22-3-6(11-18-19-20-21(11)2)8-10(15)16-5-17-12(8)22;1-14(24)9(23)7(4-32-37(28,29)35-38(30,31)34-36(25,26)27)33-13(14)22-3-6(11-18-20-21(2)19-11)8-10(15)16-5-17-12(8)22/h3,5,7,9,13,23-24H,4H2,1-2H3,(H6,15,16,17,25,26,27,28,29,30,31);3,5,7,9,13,23-24H,4H2,1-2H3,(H,28,29)(H,30,31)(H2,15,16,17)(H2,25,26,27)/p+1/t2*7-,9-,13-,14-/m11/s1. The molecule has 6 aromatic heterocycles. The fourth-order valence-corrected chi connectivity index (χ4v) is 13.5. The third-order valence-corrected chi connectivity index (χ3v) is 18.2. The fraction of sp³-hybridized carbons (Fsp3) is 0.500. The van der Waals surface area contributed by atoms with Crippen LogP contribution in [0.15, 0.2) is 25.0 Å². The molecular formula is C28H43N16O26P6+. The van der Waals surface area contributed by atoms with Crippen molar-refractivity contribution in [2.45, 2.75) is 61.9 Å². The van der Waals surface area contributed by atoms with E-state index in [2.05, 4.69) is 77.2 Å². The number of aliphatic hydroxyl groups excluding tert-OH is 2. The van der Waals surface area contributed by atoms with E-state index in [4.69, 9.17) is 40.5 Å². The van der Waals surface area contributed by atoms with E-state index in [-0.39, 0.29) is 34.1 Å². The van der Waals surface area contributed by atoms with E-state index in [0.29, 0.717) is 22.3 Å². The van der Waals surface area contributed by atoms with Crippen molar-refractivity contribution in [3.63, 3.8) is 0 Å². The molecule has 0 saturated carbocycles. The number of nitrogen functional groups attached to an aromatic ring is 2. The van der Waals surface area contributed by atoms with Crippen LogP contribution >= 0.6 is 46.9 Å². The number of phosphoric acid groups is 6. The minimum absolute atomic E-state index is 0.0265. The van der Waals surface area contributed by atoms with Crippen LogP contribution in [0.3, 0.4) is 0 Å². The number of tetrazole rings is 2. The van der Waals surface area contributed by atoms with Crippen LogP contribution in [0.4, 0.5) is 11.6 Å². The Hall–Kier alpha value is -4.44. The number of hydrogen-bond acceptors (Lipinski definition) is 29. The van der Waals surface area contributed by atoms with E-state index in [1.165, 1.54) is 51.9 Å². The maximum absolute atomic E-state index is 12.1. The lowest BCUT2D eigenvalue weighted by molar-refractivity contribution is -0.721. The van der Waals surface area contributed by atoms with Crippen LogP contribution in [0.5, 0.6) is 0 Å². The van der Waals surface area contributed by atoms with Crippen molar-refractivity contribution >= 4 is 80.6 Å². The van der Waals surface area contributed by atoms with Crippen molar-refractivity contribution in [3.05, 3.63) is 25.0 Å². The molecule has 2 aliphatic rings. The highest BCUT2D eigenvalue weighted by Gasteiger charge is 2.56. The summed E-state index contributed by atoms with van der Waals surface area (Å²) in [6.07, 6.45) is -4.34. The van der Waals surface area contributed by atoms with E-state index < -0.39 is 108 Å².